The molecule has 0 aliphatic carbocycles. The number of anilines is 1. The molecule has 176 valence electrons. The van der Waals surface area contributed by atoms with Gasteiger partial charge in [-0.3, -0.25) is 9.59 Å². The summed E-state index contributed by atoms with van der Waals surface area (Å²) in [6, 6.07) is 22.5. The first kappa shape index (κ1) is 22.4. The lowest BCUT2D eigenvalue weighted by Gasteiger charge is -2.13. The Hall–Kier alpha value is -4.39. The van der Waals surface area contributed by atoms with E-state index < -0.39 is 0 Å². The summed E-state index contributed by atoms with van der Waals surface area (Å²) in [5.41, 5.74) is 4.51. The molecule has 1 aliphatic rings. The first-order chi connectivity index (χ1) is 17.1. The maximum absolute atomic E-state index is 13.3. The number of rotatable bonds is 7. The first-order valence-corrected chi connectivity index (χ1v) is 11.4. The number of carbonyl (C=O) groups is 2. The third-order valence-electron chi connectivity index (χ3n) is 6.27. The summed E-state index contributed by atoms with van der Waals surface area (Å²) in [6.45, 7) is 0.369. The molecule has 1 unspecified atom stereocenters. The van der Waals surface area contributed by atoms with Crippen molar-refractivity contribution in [1.29, 1.82) is 0 Å². The molecule has 0 fully saturated rings. The molecule has 2 amide bonds. The minimum Gasteiger partial charge on any atom is -0.493 e. The predicted octanol–water partition coefficient (Wildman–Crippen LogP) is 4.77. The Morgan fingerprint density at radius 2 is 1.74 bits per heavy atom. The summed E-state index contributed by atoms with van der Waals surface area (Å²) in [7, 11) is 3.17. The second-order valence-electron chi connectivity index (χ2n) is 8.32. The average Bonchev–Trinajstić information content (AvgIpc) is 3.22. The van der Waals surface area contributed by atoms with Gasteiger partial charge in [0.1, 0.15) is 0 Å². The van der Waals surface area contributed by atoms with Crippen molar-refractivity contribution in [3.63, 3.8) is 0 Å². The van der Waals surface area contributed by atoms with Crippen LogP contribution in [0.2, 0.25) is 0 Å². The second-order valence-corrected chi connectivity index (χ2v) is 8.32. The number of fused-ring (bicyclic) bond motifs is 2. The highest BCUT2D eigenvalue weighted by molar-refractivity contribution is 6.07. The number of carbonyl (C=O) groups excluding carboxylic acids is 2. The van der Waals surface area contributed by atoms with Gasteiger partial charge < -0.3 is 20.1 Å². The molecule has 2 N–H and O–H groups in total. The van der Waals surface area contributed by atoms with Crippen LogP contribution in [0.4, 0.5) is 5.69 Å². The van der Waals surface area contributed by atoms with Crippen molar-refractivity contribution in [2.75, 3.05) is 26.1 Å². The number of pyridine rings is 1. The van der Waals surface area contributed by atoms with Gasteiger partial charge in [0.2, 0.25) is 5.91 Å². The third kappa shape index (κ3) is 4.28. The number of nitrogens with zero attached hydrogens (tertiary/aromatic N) is 1. The van der Waals surface area contributed by atoms with E-state index >= 15 is 0 Å². The molecule has 35 heavy (non-hydrogen) atoms. The monoisotopic (exact) mass is 467 g/mol. The molecular formula is C28H25N3O4. The third-order valence-corrected chi connectivity index (χ3v) is 6.27. The van der Waals surface area contributed by atoms with Crippen LogP contribution in [0.5, 0.6) is 11.5 Å². The van der Waals surface area contributed by atoms with Gasteiger partial charge in [0.05, 0.1) is 36.9 Å². The molecule has 3 aromatic carbocycles. The Morgan fingerprint density at radius 3 is 2.57 bits per heavy atom. The highest BCUT2D eigenvalue weighted by Gasteiger charge is 2.29. The number of ether oxygens (including phenoxy) is 2. The van der Waals surface area contributed by atoms with Crippen LogP contribution >= 0.6 is 0 Å². The standard InChI is InChI=1S/C28H25N3O4/c1-34-25-12-11-17(15-26(25)35-2)24-16-21(19-8-4-5-9-22(19)30-24)27(32)29-14-13-20-18-7-3-6-10-23(18)31-28(20)33/h3-12,15-16,20H,13-14H2,1-2H3,(H,29,32)(H,31,33). The zero-order valence-corrected chi connectivity index (χ0v) is 19.5. The number of para-hydroxylation sites is 2. The number of hydrogen-bond acceptors (Lipinski definition) is 5. The van der Waals surface area contributed by atoms with Gasteiger partial charge in [-0.1, -0.05) is 36.4 Å². The van der Waals surface area contributed by atoms with Crippen LogP contribution in [-0.4, -0.2) is 37.6 Å². The van der Waals surface area contributed by atoms with Crippen molar-refractivity contribution < 1.29 is 19.1 Å². The van der Waals surface area contributed by atoms with Crippen molar-refractivity contribution in [3.8, 4) is 22.8 Å². The fourth-order valence-electron chi connectivity index (χ4n) is 4.49. The lowest BCUT2D eigenvalue weighted by molar-refractivity contribution is -0.117. The van der Waals surface area contributed by atoms with Crippen molar-refractivity contribution in [3.05, 3.63) is 83.9 Å². The molecule has 2 heterocycles. The molecule has 0 radical (unpaired) electrons. The maximum Gasteiger partial charge on any atom is 0.252 e. The first-order valence-electron chi connectivity index (χ1n) is 11.4. The van der Waals surface area contributed by atoms with E-state index in [1.54, 1.807) is 20.3 Å². The van der Waals surface area contributed by atoms with E-state index in [9.17, 15) is 9.59 Å². The zero-order chi connectivity index (χ0) is 24.4. The Labute approximate surface area is 203 Å². The Morgan fingerprint density at radius 1 is 0.971 bits per heavy atom. The van der Waals surface area contributed by atoms with E-state index in [2.05, 4.69) is 10.6 Å². The van der Waals surface area contributed by atoms with Gasteiger partial charge in [0, 0.05) is 23.2 Å². The fourth-order valence-corrected chi connectivity index (χ4v) is 4.49. The van der Waals surface area contributed by atoms with E-state index in [1.165, 1.54) is 0 Å². The van der Waals surface area contributed by atoms with Crippen LogP contribution < -0.4 is 20.1 Å². The minimum absolute atomic E-state index is 0.0365. The highest BCUT2D eigenvalue weighted by atomic mass is 16.5. The van der Waals surface area contributed by atoms with Crippen LogP contribution in [0, 0.1) is 0 Å². The predicted molar refractivity (Wildman–Crippen MR) is 135 cm³/mol. The molecule has 0 saturated carbocycles. The number of hydrogen-bond donors (Lipinski definition) is 2. The SMILES string of the molecule is COc1ccc(-c2cc(C(=O)NCCC3C(=O)Nc4ccccc43)c3ccccc3n2)cc1OC. The lowest BCUT2D eigenvalue weighted by atomic mass is 9.97. The minimum atomic E-state index is -0.275. The molecule has 0 spiro atoms. The Bertz CT molecular complexity index is 1430. The molecule has 4 aromatic rings. The van der Waals surface area contributed by atoms with Gasteiger partial charge in [-0.15, -0.1) is 0 Å². The summed E-state index contributed by atoms with van der Waals surface area (Å²) in [6.07, 6.45) is 0.514. The summed E-state index contributed by atoms with van der Waals surface area (Å²) in [5.74, 6) is 0.680. The van der Waals surface area contributed by atoms with Gasteiger partial charge in [0.15, 0.2) is 11.5 Å². The molecular weight excluding hydrogens is 442 g/mol. The maximum atomic E-state index is 13.3. The number of nitrogens with one attached hydrogen (secondary N) is 2. The summed E-state index contributed by atoms with van der Waals surface area (Å²) < 4.78 is 10.8. The van der Waals surface area contributed by atoms with Gasteiger partial charge in [-0.05, 0) is 48.4 Å². The van der Waals surface area contributed by atoms with E-state index in [4.69, 9.17) is 14.5 Å². The van der Waals surface area contributed by atoms with Gasteiger partial charge >= 0.3 is 0 Å². The largest absolute Gasteiger partial charge is 0.493 e. The normalized spacial score (nSPS) is 14.3. The van der Waals surface area contributed by atoms with E-state index in [0.29, 0.717) is 41.2 Å². The quantitative estimate of drug-likeness (QED) is 0.409. The van der Waals surface area contributed by atoms with Crippen LogP contribution in [0.1, 0.15) is 28.3 Å². The van der Waals surface area contributed by atoms with Gasteiger partial charge in [-0.25, -0.2) is 4.98 Å². The highest BCUT2D eigenvalue weighted by Crippen LogP contribution is 2.35. The van der Waals surface area contributed by atoms with Gasteiger partial charge in [0.25, 0.3) is 5.91 Å². The summed E-state index contributed by atoms with van der Waals surface area (Å²) >= 11 is 0. The second kappa shape index (κ2) is 9.46. The average molecular weight is 468 g/mol. The number of aromatic nitrogens is 1. The summed E-state index contributed by atoms with van der Waals surface area (Å²) in [5, 5.41) is 6.67. The zero-order valence-electron chi connectivity index (χ0n) is 19.5. The molecule has 5 rings (SSSR count). The number of methoxy groups -OCH3 is 2. The smallest absolute Gasteiger partial charge is 0.252 e. The molecule has 7 heteroatoms. The number of amides is 2. The van der Waals surface area contributed by atoms with Crippen LogP contribution in [0.25, 0.3) is 22.2 Å². The van der Waals surface area contributed by atoms with Crippen molar-refractivity contribution in [1.82, 2.24) is 10.3 Å². The van der Waals surface area contributed by atoms with Gasteiger partial charge in [-0.2, -0.15) is 0 Å². The van der Waals surface area contributed by atoms with E-state index in [-0.39, 0.29) is 17.7 Å². The Balaban J connectivity index is 1.41. The molecule has 7 nitrogen and oxygen atoms in total. The Kier molecular flexibility index (Phi) is 6.06. The molecule has 1 aliphatic heterocycles. The van der Waals surface area contributed by atoms with Crippen molar-refractivity contribution >= 4 is 28.4 Å². The molecule has 0 bridgehead atoms. The fraction of sp³-hybridized carbons (Fsp3) is 0.179. The topological polar surface area (TPSA) is 89.5 Å². The van der Waals surface area contributed by atoms with Crippen LogP contribution in [-0.2, 0) is 4.79 Å². The molecule has 1 aromatic heterocycles. The molecule has 0 saturated heterocycles. The summed E-state index contributed by atoms with van der Waals surface area (Å²) in [4.78, 5) is 30.5. The van der Waals surface area contributed by atoms with Crippen molar-refractivity contribution in [2.45, 2.75) is 12.3 Å². The molecule has 1 atom stereocenters. The number of benzene rings is 3. The lowest BCUT2D eigenvalue weighted by Crippen LogP contribution is -2.27. The van der Waals surface area contributed by atoms with E-state index in [1.807, 2.05) is 66.7 Å². The van der Waals surface area contributed by atoms with Crippen molar-refractivity contribution in [2.24, 2.45) is 0 Å². The van der Waals surface area contributed by atoms with Crippen LogP contribution in [0.3, 0.4) is 0 Å². The van der Waals surface area contributed by atoms with E-state index in [0.717, 1.165) is 22.2 Å². The van der Waals surface area contributed by atoms with Crippen LogP contribution in [0.15, 0.2) is 72.8 Å².